The molecule has 1 rings (SSSR count). The molecule has 0 aliphatic carbocycles. The van der Waals surface area contributed by atoms with Crippen LogP contribution >= 0.6 is 35.0 Å². The van der Waals surface area contributed by atoms with Gasteiger partial charge in [-0.25, -0.2) is 0 Å². The van der Waals surface area contributed by atoms with E-state index in [4.69, 9.17) is 23.2 Å². The molecule has 1 aromatic carbocycles. The number of hydrazine groups is 1. The van der Waals surface area contributed by atoms with Crippen LogP contribution in [0, 0.1) is 0 Å². The van der Waals surface area contributed by atoms with Gasteiger partial charge in [0.1, 0.15) is 0 Å². The zero-order valence-electron chi connectivity index (χ0n) is 11.2. The number of hydrogen-bond acceptors (Lipinski definition) is 3. The van der Waals surface area contributed by atoms with Crippen molar-refractivity contribution in [2.45, 2.75) is 11.8 Å². The molecule has 2 N–H and O–H groups in total. The predicted octanol–water partition coefficient (Wildman–Crippen LogP) is 3.37. The van der Waals surface area contributed by atoms with Crippen molar-refractivity contribution in [1.29, 1.82) is 0 Å². The number of carbonyl (C=O) groups excluding carboxylic acids is 2. The van der Waals surface area contributed by atoms with Gasteiger partial charge in [0.2, 0.25) is 5.91 Å². The van der Waals surface area contributed by atoms with Crippen molar-refractivity contribution in [1.82, 2.24) is 10.9 Å². The van der Waals surface area contributed by atoms with Gasteiger partial charge in [0, 0.05) is 16.0 Å². The van der Waals surface area contributed by atoms with Gasteiger partial charge in [0.05, 0.1) is 10.8 Å². The first-order valence-electron chi connectivity index (χ1n) is 5.99. The Kier molecular flexibility index (Phi) is 7.97. The molecule has 0 bridgehead atoms. The van der Waals surface area contributed by atoms with E-state index in [-0.39, 0.29) is 11.7 Å². The maximum atomic E-state index is 11.6. The van der Waals surface area contributed by atoms with Crippen LogP contribution in [0.25, 0.3) is 0 Å². The number of halogens is 2. The van der Waals surface area contributed by atoms with Crippen molar-refractivity contribution >= 4 is 46.8 Å². The van der Waals surface area contributed by atoms with E-state index < -0.39 is 5.91 Å². The number of benzene rings is 1. The van der Waals surface area contributed by atoms with Gasteiger partial charge in [-0.2, -0.15) is 0 Å². The van der Waals surface area contributed by atoms with Crippen molar-refractivity contribution in [2.24, 2.45) is 0 Å². The number of thioether (sulfide) groups is 1. The molecule has 0 aliphatic heterocycles. The lowest BCUT2D eigenvalue weighted by atomic mass is 10.4. The van der Waals surface area contributed by atoms with E-state index in [1.54, 1.807) is 36.4 Å². The topological polar surface area (TPSA) is 58.2 Å². The molecule has 0 radical (unpaired) electrons. The van der Waals surface area contributed by atoms with Gasteiger partial charge in [0.15, 0.2) is 0 Å². The van der Waals surface area contributed by atoms with Gasteiger partial charge < -0.3 is 0 Å². The molecule has 1 aromatic rings. The summed E-state index contributed by atoms with van der Waals surface area (Å²) < 4.78 is 0. The van der Waals surface area contributed by atoms with Gasteiger partial charge in [-0.1, -0.05) is 41.4 Å². The fraction of sp³-hybridized carbons (Fsp3) is 0.143. The molecule has 112 valence electrons. The maximum absolute atomic E-state index is 11.6. The first kappa shape index (κ1) is 17.6. The lowest BCUT2D eigenvalue weighted by Crippen LogP contribution is -2.41. The largest absolute Gasteiger partial charge is 0.272 e. The standard InChI is InChI=1S/C14H14Cl2N2O2S/c1-2-3-4-5-13(19)17-18-14(20)9-21-12-8-10(15)6-7-11(12)16/h2-8H,9H2,1H3,(H,17,19)(H,18,20)/b3-2+,5-4+. The molecule has 0 saturated carbocycles. The van der Waals surface area contributed by atoms with Crippen LogP contribution in [0.2, 0.25) is 10.0 Å². The van der Waals surface area contributed by atoms with Gasteiger partial charge in [0.25, 0.3) is 5.91 Å². The molecule has 0 saturated heterocycles. The molecular formula is C14H14Cl2N2O2S. The summed E-state index contributed by atoms with van der Waals surface area (Å²) in [6.07, 6.45) is 6.37. The van der Waals surface area contributed by atoms with E-state index in [0.29, 0.717) is 14.9 Å². The Morgan fingerprint density at radius 1 is 1.24 bits per heavy atom. The molecule has 0 aromatic heterocycles. The fourth-order valence-electron chi connectivity index (χ4n) is 1.19. The molecule has 0 unspecified atom stereocenters. The third-order valence-electron chi connectivity index (χ3n) is 2.13. The van der Waals surface area contributed by atoms with Crippen LogP contribution in [-0.2, 0) is 9.59 Å². The highest BCUT2D eigenvalue weighted by molar-refractivity contribution is 8.00. The number of carbonyl (C=O) groups is 2. The second kappa shape index (κ2) is 9.50. The molecule has 0 fully saturated rings. The van der Waals surface area contributed by atoms with E-state index in [0.717, 1.165) is 0 Å². The third-order valence-corrected chi connectivity index (χ3v) is 3.86. The Morgan fingerprint density at radius 2 is 2.00 bits per heavy atom. The molecule has 0 aliphatic rings. The highest BCUT2D eigenvalue weighted by Gasteiger charge is 2.07. The highest BCUT2D eigenvalue weighted by Crippen LogP contribution is 2.29. The summed E-state index contributed by atoms with van der Waals surface area (Å²) in [5, 5.41) is 1.07. The van der Waals surface area contributed by atoms with E-state index in [9.17, 15) is 9.59 Å². The van der Waals surface area contributed by atoms with E-state index >= 15 is 0 Å². The number of nitrogens with one attached hydrogen (secondary N) is 2. The van der Waals surface area contributed by atoms with Gasteiger partial charge in [-0.3, -0.25) is 20.4 Å². The van der Waals surface area contributed by atoms with Crippen molar-refractivity contribution < 1.29 is 9.59 Å². The minimum Gasteiger partial charge on any atom is -0.272 e. The Labute approximate surface area is 137 Å². The Hall–Kier alpha value is -1.43. The van der Waals surface area contributed by atoms with Crippen LogP contribution < -0.4 is 10.9 Å². The molecule has 0 atom stereocenters. The lowest BCUT2D eigenvalue weighted by molar-refractivity contribution is -0.125. The molecule has 0 heterocycles. The molecule has 4 nitrogen and oxygen atoms in total. The van der Waals surface area contributed by atoms with Crippen molar-refractivity contribution in [3.8, 4) is 0 Å². The Morgan fingerprint density at radius 3 is 2.71 bits per heavy atom. The normalized spacial score (nSPS) is 11.0. The van der Waals surface area contributed by atoms with Gasteiger partial charge >= 0.3 is 0 Å². The summed E-state index contributed by atoms with van der Waals surface area (Å²) in [5.41, 5.74) is 4.57. The molecule has 21 heavy (non-hydrogen) atoms. The van der Waals surface area contributed by atoms with Crippen LogP contribution in [0.4, 0.5) is 0 Å². The summed E-state index contributed by atoms with van der Waals surface area (Å²) in [6.45, 7) is 1.84. The molecule has 7 heteroatoms. The van der Waals surface area contributed by atoms with Crippen molar-refractivity contribution in [3.05, 3.63) is 52.5 Å². The first-order chi connectivity index (χ1) is 10.0. The zero-order chi connectivity index (χ0) is 15.7. The Balaban J connectivity index is 2.37. The average Bonchev–Trinajstić information content (AvgIpc) is 2.46. The average molecular weight is 345 g/mol. The fourth-order valence-corrected chi connectivity index (χ4v) is 2.49. The monoisotopic (exact) mass is 344 g/mol. The van der Waals surface area contributed by atoms with Gasteiger partial charge in [-0.15, -0.1) is 11.8 Å². The second-order valence-electron chi connectivity index (χ2n) is 3.79. The molecule has 0 spiro atoms. The second-order valence-corrected chi connectivity index (χ2v) is 5.65. The van der Waals surface area contributed by atoms with Crippen LogP contribution in [0.5, 0.6) is 0 Å². The zero-order valence-corrected chi connectivity index (χ0v) is 13.6. The lowest BCUT2D eigenvalue weighted by Gasteiger charge is -2.06. The Bertz CT molecular complexity index is 574. The van der Waals surface area contributed by atoms with E-state index in [2.05, 4.69) is 10.9 Å². The van der Waals surface area contributed by atoms with Gasteiger partial charge in [-0.05, 0) is 25.1 Å². The van der Waals surface area contributed by atoms with E-state index in [1.807, 2.05) is 6.92 Å². The minimum absolute atomic E-state index is 0.110. The smallest absolute Gasteiger partial charge is 0.262 e. The van der Waals surface area contributed by atoms with Crippen LogP contribution in [0.15, 0.2) is 47.4 Å². The summed E-state index contributed by atoms with van der Waals surface area (Å²) in [4.78, 5) is 23.6. The SMILES string of the molecule is C/C=C/C=C/C(=O)NNC(=O)CSc1cc(Cl)ccc1Cl. The summed E-state index contributed by atoms with van der Waals surface area (Å²) in [6, 6.07) is 5.02. The van der Waals surface area contributed by atoms with Crippen molar-refractivity contribution in [2.75, 3.05) is 5.75 Å². The maximum Gasteiger partial charge on any atom is 0.262 e. The number of amides is 2. The quantitative estimate of drug-likeness (QED) is 0.372. The predicted molar refractivity (Wildman–Crippen MR) is 87.4 cm³/mol. The summed E-state index contributed by atoms with van der Waals surface area (Å²) >= 11 is 13.1. The first-order valence-corrected chi connectivity index (χ1v) is 7.73. The number of hydrogen-bond donors (Lipinski definition) is 2. The number of allylic oxidation sites excluding steroid dienone is 3. The van der Waals surface area contributed by atoms with Crippen LogP contribution in [0.1, 0.15) is 6.92 Å². The summed E-state index contributed by atoms with van der Waals surface area (Å²) in [7, 11) is 0. The van der Waals surface area contributed by atoms with E-state index in [1.165, 1.54) is 17.8 Å². The minimum atomic E-state index is -0.410. The van der Waals surface area contributed by atoms with Crippen molar-refractivity contribution in [3.63, 3.8) is 0 Å². The molecule has 2 amide bonds. The van der Waals surface area contributed by atoms with Crippen LogP contribution in [-0.4, -0.2) is 17.6 Å². The highest BCUT2D eigenvalue weighted by atomic mass is 35.5. The van der Waals surface area contributed by atoms with Crippen LogP contribution in [0.3, 0.4) is 0 Å². The third kappa shape index (κ3) is 7.22. The number of rotatable bonds is 5. The summed E-state index contributed by atoms with van der Waals surface area (Å²) in [5.74, 6) is -0.644. The molecular weight excluding hydrogens is 331 g/mol.